The molecule has 1 amide bonds. The van der Waals surface area contributed by atoms with Crippen molar-refractivity contribution in [3.8, 4) is 0 Å². The fourth-order valence-corrected chi connectivity index (χ4v) is 4.57. The fraction of sp³-hybridized carbons (Fsp3) is 0.381. The van der Waals surface area contributed by atoms with Gasteiger partial charge < -0.3 is 4.90 Å². The maximum absolute atomic E-state index is 12.7. The summed E-state index contributed by atoms with van der Waals surface area (Å²) in [4.78, 5) is 14.9. The average molecular weight is 372 g/mol. The number of rotatable bonds is 4. The van der Waals surface area contributed by atoms with E-state index in [1.165, 1.54) is 0 Å². The van der Waals surface area contributed by atoms with E-state index in [0.29, 0.717) is 21.9 Å². The highest BCUT2D eigenvalue weighted by atomic mass is 32.2. The lowest BCUT2D eigenvalue weighted by molar-refractivity contribution is 0.0697. The van der Waals surface area contributed by atoms with E-state index in [0.717, 1.165) is 31.5 Å². The molecular formula is C21H25NO3S. The molecule has 3 rings (SSSR count). The minimum atomic E-state index is -3.43. The van der Waals surface area contributed by atoms with Crippen LogP contribution < -0.4 is 0 Å². The maximum Gasteiger partial charge on any atom is 0.253 e. The quantitative estimate of drug-likeness (QED) is 0.820. The second-order valence-corrected chi connectivity index (χ2v) is 9.24. The van der Waals surface area contributed by atoms with Gasteiger partial charge in [0.25, 0.3) is 5.91 Å². The van der Waals surface area contributed by atoms with Gasteiger partial charge >= 0.3 is 0 Å². The Labute approximate surface area is 155 Å². The first-order valence-corrected chi connectivity index (χ1v) is 10.7. The molecule has 4 nitrogen and oxygen atoms in total. The molecule has 138 valence electrons. The molecule has 1 aliphatic rings. The Kier molecular flexibility index (Phi) is 5.47. The van der Waals surface area contributed by atoms with Gasteiger partial charge in [0.05, 0.1) is 10.6 Å². The molecule has 0 N–H and O–H groups in total. The number of amides is 1. The standard InChI is InChI=1S/C21H25NO3S/c1-16-6-8-20(9-7-16)26(24,25)15-18-4-3-5-19(14-18)21(23)22-12-10-17(2)11-13-22/h3-9,14,17H,10-13,15H2,1-2H3. The molecule has 2 aromatic rings. The average Bonchev–Trinajstić information content (AvgIpc) is 2.62. The largest absolute Gasteiger partial charge is 0.339 e. The molecule has 0 atom stereocenters. The van der Waals surface area contributed by atoms with Crippen LogP contribution in [0.3, 0.4) is 0 Å². The third-order valence-corrected chi connectivity index (χ3v) is 6.69. The van der Waals surface area contributed by atoms with Crippen molar-refractivity contribution < 1.29 is 13.2 Å². The number of hydrogen-bond donors (Lipinski definition) is 0. The van der Waals surface area contributed by atoms with Crippen LogP contribution in [0.1, 0.15) is 41.3 Å². The number of likely N-dealkylation sites (tertiary alicyclic amines) is 1. The third-order valence-electron chi connectivity index (χ3n) is 4.98. The van der Waals surface area contributed by atoms with Crippen molar-refractivity contribution in [2.75, 3.05) is 13.1 Å². The number of carbonyl (C=O) groups is 1. The Morgan fingerprint density at radius 2 is 1.73 bits per heavy atom. The van der Waals surface area contributed by atoms with Gasteiger partial charge in [-0.3, -0.25) is 4.79 Å². The number of sulfone groups is 1. The van der Waals surface area contributed by atoms with Crippen molar-refractivity contribution in [3.63, 3.8) is 0 Å². The Balaban J connectivity index is 1.77. The zero-order chi connectivity index (χ0) is 18.7. The van der Waals surface area contributed by atoms with Crippen molar-refractivity contribution in [1.29, 1.82) is 0 Å². The first-order valence-electron chi connectivity index (χ1n) is 9.03. The van der Waals surface area contributed by atoms with E-state index >= 15 is 0 Å². The zero-order valence-electron chi connectivity index (χ0n) is 15.3. The smallest absolute Gasteiger partial charge is 0.253 e. The summed E-state index contributed by atoms with van der Waals surface area (Å²) >= 11 is 0. The van der Waals surface area contributed by atoms with Gasteiger partial charge in [0.15, 0.2) is 9.84 Å². The lowest BCUT2D eigenvalue weighted by Gasteiger charge is -2.30. The minimum Gasteiger partial charge on any atom is -0.339 e. The van der Waals surface area contributed by atoms with Crippen LogP contribution in [0.5, 0.6) is 0 Å². The van der Waals surface area contributed by atoms with E-state index in [4.69, 9.17) is 0 Å². The molecule has 26 heavy (non-hydrogen) atoms. The van der Waals surface area contributed by atoms with Crippen LogP contribution >= 0.6 is 0 Å². The number of piperidine rings is 1. The SMILES string of the molecule is Cc1ccc(S(=O)(=O)Cc2cccc(C(=O)N3CCC(C)CC3)c2)cc1. The highest BCUT2D eigenvalue weighted by molar-refractivity contribution is 7.90. The van der Waals surface area contributed by atoms with Crippen molar-refractivity contribution >= 4 is 15.7 Å². The van der Waals surface area contributed by atoms with Crippen molar-refractivity contribution in [2.45, 2.75) is 37.3 Å². The lowest BCUT2D eigenvalue weighted by atomic mass is 9.98. The highest BCUT2D eigenvalue weighted by Gasteiger charge is 2.22. The molecule has 1 saturated heterocycles. The van der Waals surface area contributed by atoms with Crippen molar-refractivity contribution in [3.05, 3.63) is 65.2 Å². The maximum atomic E-state index is 12.7. The highest BCUT2D eigenvalue weighted by Crippen LogP contribution is 2.21. The summed E-state index contributed by atoms with van der Waals surface area (Å²) in [6.45, 7) is 5.67. The Hall–Kier alpha value is -2.14. The Morgan fingerprint density at radius 3 is 2.38 bits per heavy atom. The molecule has 1 aliphatic heterocycles. The molecule has 2 aromatic carbocycles. The topological polar surface area (TPSA) is 54.5 Å². The molecule has 5 heteroatoms. The summed E-state index contributed by atoms with van der Waals surface area (Å²) in [5.74, 6) is 0.547. The van der Waals surface area contributed by atoms with Gasteiger partial charge in [-0.2, -0.15) is 0 Å². The predicted molar refractivity (Wildman–Crippen MR) is 103 cm³/mol. The second kappa shape index (κ2) is 7.62. The molecular weight excluding hydrogens is 346 g/mol. The first kappa shape index (κ1) is 18.6. The summed E-state index contributed by atoms with van der Waals surface area (Å²) in [5.41, 5.74) is 2.23. The molecule has 0 unspecified atom stereocenters. The van der Waals surface area contributed by atoms with Crippen LogP contribution in [0.25, 0.3) is 0 Å². The number of carbonyl (C=O) groups excluding carboxylic acids is 1. The fourth-order valence-electron chi connectivity index (χ4n) is 3.24. The summed E-state index contributed by atoms with van der Waals surface area (Å²) in [7, 11) is -3.43. The number of hydrogen-bond acceptors (Lipinski definition) is 3. The molecule has 0 aliphatic carbocycles. The number of benzene rings is 2. The summed E-state index contributed by atoms with van der Waals surface area (Å²) in [5, 5.41) is 0. The van der Waals surface area contributed by atoms with Gasteiger partial charge in [0, 0.05) is 18.7 Å². The normalized spacial score (nSPS) is 15.8. The third kappa shape index (κ3) is 4.33. The molecule has 0 bridgehead atoms. The second-order valence-electron chi connectivity index (χ2n) is 7.25. The Bertz CT molecular complexity index is 880. The molecule has 1 fully saturated rings. The van der Waals surface area contributed by atoms with Crippen LogP contribution in [-0.4, -0.2) is 32.3 Å². The first-order chi connectivity index (χ1) is 12.3. The van der Waals surface area contributed by atoms with E-state index < -0.39 is 9.84 Å². The van der Waals surface area contributed by atoms with Gasteiger partial charge in [0.1, 0.15) is 0 Å². The lowest BCUT2D eigenvalue weighted by Crippen LogP contribution is -2.37. The van der Waals surface area contributed by atoms with E-state index in [-0.39, 0.29) is 11.7 Å². The van der Waals surface area contributed by atoms with Crippen LogP contribution in [0.2, 0.25) is 0 Å². The van der Waals surface area contributed by atoms with Crippen LogP contribution in [0, 0.1) is 12.8 Å². The minimum absolute atomic E-state index is 0.00789. The van der Waals surface area contributed by atoms with Gasteiger partial charge in [-0.1, -0.05) is 36.8 Å². The Morgan fingerprint density at radius 1 is 1.08 bits per heavy atom. The van der Waals surface area contributed by atoms with Crippen LogP contribution in [0.15, 0.2) is 53.4 Å². The van der Waals surface area contributed by atoms with E-state index in [9.17, 15) is 13.2 Å². The van der Waals surface area contributed by atoms with E-state index in [2.05, 4.69) is 6.92 Å². The predicted octanol–water partition coefficient (Wildman–Crippen LogP) is 3.84. The van der Waals surface area contributed by atoms with Gasteiger partial charge in [-0.05, 0) is 55.5 Å². The molecule has 1 heterocycles. The molecule has 0 spiro atoms. The summed E-state index contributed by atoms with van der Waals surface area (Å²) in [6, 6.07) is 13.9. The number of aryl methyl sites for hydroxylation is 1. The molecule has 0 aromatic heterocycles. The molecule has 0 saturated carbocycles. The van der Waals surface area contributed by atoms with E-state index in [1.807, 2.05) is 11.8 Å². The number of nitrogens with zero attached hydrogens (tertiary/aromatic N) is 1. The summed E-state index contributed by atoms with van der Waals surface area (Å²) < 4.78 is 25.3. The van der Waals surface area contributed by atoms with Crippen molar-refractivity contribution in [2.24, 2.45) is 5.92 Å². The zero-order valence-corrected chi connectivity index (χ0v) is 16.1. The van der Waals surface area contributed by atoms with E-state index in [1.54, 1.807) is 48.5 Å². The monoisotopic (exact) mass is 371 g/mol. The van der Waals surface area contributed by atoms with Crippen LogP contribution in [0.4, 0.5) is 0 Å². The van der Waals surface area contributed by atoms with Gasteiger partial charge in [0.2, 0.25) is 0 Å². The van der Waals surface area contributed by atoms with Crippen molar-refractivity contribution in [1.82, 2.24) is 4.90 Å². The summed E-state index contributed by atoms with van der Waals surface area (Å²) in [6.07, 6.45) is 2.04. The van der Waals surface area contributed by atoms with Gasteiger partial charge in [-0.25, -0.2) is 8.42 Å². The molecule has 0 radical (unpaired) electrons. The van der Waals surface area contributed by atoms with Crippen LogP contribution in [-0.2, 0) is 15.6 Å². The van der Waals surface area contributed by atoms with Gasteiger partial charge in [-0.15, -0.1) is 0 Å².